The number of nitrogens with one attached hydrogen (secondary N) is 1. The van der Waals surface area contributed by atoms with Gasteiger partial charge in [-0.15, -0.1) is 0 Å². The molecule has 0 saturated heterocycles. The van der Waals surface area contributed by atoms with Crippen LogP contribution < -0.4 is 4.74 Å². The van der Waals surface area contributed by atoms with Gasteiger partial charge in [0.1, 0.15) is 11.3 Å². The van der Waals surface area contributed by atoms with Crippen molar-refractivity contribution in [2.45, 2.75) is 6.42 Å². The summed E-state index contributed by atoms with van der Waals surface area (Å²) in [6.07, 6.45) is 2.59. The lowest BCUT2D eigenvalue weighted by Crippen LogP contribution is -2.02. The second kappa shape index (κ2) is 5.32. The van der Waals surface area contributed by atoms with Gasteiger partial charge in [0, 0.05) is 11.7 Å². The topological polar surface area (TPSA) is 62.3 Å². The lowest BCUT2D eigenvalue weighted by Gasteiger charge is -2.08. The van der Waals surface area contributed by atoms with E-state index in [1.807, 2.05) is 18.3 Å². The lowest BCUT2D eigenvalue weighted by atomic mass is 10.0. The molecule has 0 atom stereocenters. The maximum atomic E-state index is 11.2. The highest BCUT2D eigenvalue weighted by atomic mass is 16.5. The summed E-state index contributed by atoms with van der Waals surface area (Å²) in [5.74, 6) is -0.598. The summed E-state index contributed by atoms with van der Waals surface area (Å²) < 4.78 is 5.07. The number of aromatic carboxylic acids is 1. The van der Waals surface area contributed by atoms with Crippen LogP contribution in [0.4, 0.5) is 0 Å². The predicted octanol–water partition coefficient (Wildman–Crippen LogP) is 3.47. The van der Waals surface area contributed by atoms with Gasteiger partial charge in [-0.3, -0.25) is 0 Å². The van der Waals surface area contributed by atoms with Gasteiger partial charge < -0.3 is 14.8 Å². The molecule has 0 aliphatic rings. The Morgan fingerprint density at radius 2 is 1.90 bits per heavy atom. The molecular formula is C17H15NO3. The van der Waals surface area contributed by atoms with Crippen LogP contribution in [-0.2, 0) is 6.42 Å². The SMILES string of the molecule is COc1ccc(Cc2ccc3cc[nH]c3c2)cc1C(=O)O. The van der Waals surface area contributed by atoms with Gasteiger partial charge in [0.2, 0.25) is 0 Å². The van der Waals surface area contributed by atoms with Gasteiger partial charge in [-0.05, 0) is 47.2 Å². The van der Waals surface area contributed by atoms with Crippen LogP contribution in [0.3, 0.4) is 0 Å². The first-order valence-corrected chi connectivity index (χ1v) is 6.63. The summed E-state index contributed by atoms with van der Waals surface area (Å²) in [6.45, 7) is 0. The Bertz CT molecular complexity index is 805. The Kier molecular flexibility index (Phi) is 3.36. The fraction of sp³-hybridized carbons (Fsp3) is 0.118. The van der Waals surface area contributed by atoms with Gasteiger partial charge in [-0.1, -0.05) is 18.2 Å². The summed E-state index contributed by atoms with van der Waals surface area (Å²) in [6, 6.07) is 13.5. The van der Waals surface area contributed by atoms with Crippen molar-refractivity contribution in [1.29, 1.82) is 0 Å². The highest BCUT2D eigenvalue weighted by Gasteiger charge is 2.11. The zero-order chi connectivity index (χ0) is 14.8. The fourth-order valence-electron chi connectivity index (χ4n) is 2.47. The van der Waals surface area contributed by atoms with E-state index in [1.54, 1.807) is 12.1 Å². The number of carboxylic acids is 1. The first-order valence-electron chi connectivity index (χ1n) is 6.63. The van der Waals surface area contributed by atoms with Crippen LogP contribution in [0.15, 0.2) is 48.7 Å². The van der Waals surface area contributed by atoms with Crippen molar-refractivity contribution in [3.8, 4) is 5.75 Å². The molecule has 0 amide bonds. The van der Waals surface area contributed by atoms with E-state index in [0.717, 1.165) is 16.6 Å². The van der Waals surface area contributed by atoms with Gasteiger partial charge >= 0.3 is 5.97 Å². The third kappa shape index (κ3) is 2.60. The summed E-state index contributed by atoms with van der Waals surface area (Å²) in [5, 5.41) is 10.4. The number of aromatic nitrogens is 1. The second-order valence-corrected chi connectivity index (χ2v) is 4.92. The molecule has 0 fully saturated rings. The number of hydrogen-bond acceptors (Lipinski definition) is 2. The molecule has 3 rings (SSSR count). The Morgan fingerprint density at radius 1 is 1.14 bits per heavy atom. The van der Waals surface area contributed by atoms with Crippen LogP contribution in [-0.4, -0.2) is 23.2 Å². The monoisotopic (exact) mass is 281 g/mol. The summed E-state index contributed by atoms with van der Waals surface area (Å²) >= 11 is 0. The Morgan fingerprint density at radius 3 is 2.67 bits per heavy atom. The van der Waals surface area contributed by atoms with Gasteiger partial charge in [-0.2, -0.15) is 0 Å². The number of methoxy groups -OCH3 is 1. The van der Waals surface area contributed by atoms with Crippen LogP contribution in [0.25, 0.3) is 10.9 Å². The molecule has 0 aliphatic carbocycles. The number of fused-ring (bicyclic) bond motifs is 1. The third-order valence-electron chi connectivity index (χ3n) is 3.52. The maximum absolute atomic E-state index is 11.2. The standard InChI is InChI=1S/C17H15NO3/c1-21-16-5-3-11(9-14(16)17(19)20)8-12-2-4-13-6-7-18-15(13)10-12/h2-7,9-10,18H,8H2,1H3,(H,19,20). The maximum Gasteiger partial charge on any atom is 0.339 e. The van der Waals surface area contributed by atoms with Crippen LogP contribution in [0.2, 0.25) is 0 Å². The van der Waals surface area contributed by atoms with Gasteiger partial charge in [0.25, 0.3) is 0 Å². The number of ether oxygens (including phenoxy) is 1. The first kappa shape index (κ1) is 13.2. The van der Waals surface area contributed by atoms with E-state index < -0.39 is 5.97 Å². The zero-order valence-electron chi connectivity index (χ0n) is 11.6. The van der Waals surface area contributed by atoms with Crippen molar-refractivity contribution in [3.05, 3.63) is 65.4 Å². The Labute approximate surface area is 122 Å². The van der Waals surface area contributed by atoms with Gasteiger partial charge in [-0.25, -0.2) is 4.79 Å². The first-order chi connectivity index (χ1) is 10.2. The highest BCUT2D eigenvalue weighted by Crippen LogP contribution is 2.22. The summed E-state index contributed by atoms with van der Waals surface area (Å²) in [4.78, 5) is 14.4. The van der Waals surface area contributed by atoms with Crippen molar-refractivity contribution in [1.82, 2.24) is 4.98 Å². The molecule has 4 heteroatoms. The Hall–Kier alpha value is -2.75. The summed E-state index contributed by atoms with van der Waals surface area (Å²) in [5.41, 5.74) is 3.35. The number of benzene rings is 2. The normalized spacial score (nSPS) is 10.7. The average Bonchev–Trinajstić information content (AvgIpc) is 2.94. The van der Waals surface area contributed by atoms with Crippen molar-refractivity contribution in [2.75, 3.05) is 7.11 Å². The largest absolute Gasteiger partial charge is 0.496 e. The molecule has 0 aliphatic heterocycles. The van der Waals surface area contributed by atoms with Crippen molar-refractivity contribution >= 4 is 16.9 Å². The van der Waals surface area contributed by atoms with E-state index in [-0.39, 0.29) is 5.56 Å². The molecule has 2 aromatic carbocycles. The van der Waals surface area contributed by atoms with E-state index in [1.165, 1.54) is 12.5 Å². The minimum Gasteiger partial charge on any atom is -0.496 e. The summed E-state index contributed by atoms with van der Waals surface area (Å²) in [7, 11) is 1.47. The van der Waals surface area contributed by atoms with E-state index in [4.69, 9.17) is 4.74 Å². The highest BCUT2D eigenvalue weighted by molar-refractivity contribution is 5.91. The molecule has 4 nitrogen and oxygen atoms in total. The minimum absolute atomic E-state index is 0.191. The smallest absolute Gasteiger partial charge is 0.339 e. The minimum atomic E-state index is -0.978. The molecule has 21 heavy (non-hydrogen) atoms. The predicted molar refractivity (Wildman–Crippen MR) is 81.1 cm³/mol. The van der Waals surface area contributed by atoms with Crippen LogP contribution in [0.5, 0.6) is 5.75 Å². The molecule has 0 unspecified atom stereocenters. The number of carbonyl (C=O) groups is 1. The fourth-order valence-corrected chi connectivity index (χ4v) is 2.47. The lowest BCUT2D eigenvalue weighted by molar-refractivity contribution is 0.0693. The van der Waals surface area contributed by atoms with Gasteiger partial charge in [0.15, 0.2) is 0 Å². The molecule has 0 saturated carbocycles. The van der Waals surface area contributed by atoms with Crippen LogP contribution >= 0.6 is 0 Å². The van der Waals surface area contributed by atoms with Crippen LogP contribution in [0, 0.1) is 0 Å². The van der Waals surface area contributed by atoms with Crippen molar-refractivity contribution < 1.29 is 14.6 Å². The number of rotatable bonds is 4. The molecule has 0 bridgehead atoms. The number of aromatic amines is 1. The second-order valence-electron chi connectivity index (χ2n) is 4.92. The van der Waals surface area contributed by atoms with Crippen molar-refractivity contribution in [2.24, 2.45) is 0 Å². The molecule has 106 valence electrons. The number of H-pyrrole nitrogens is 1. The molecule has 2 N–H and O–H groups in total. The molecule has 0 radical (unpaired) electrons. The van der Waals surface area contributed by atoms with Crippen molar-refractivity contribution in [3.63, 3.8) is 0 Å². The van der Waals surface area contributed by atoms with Crippen LogP contribution in [0.1, 0.15) is 21.5 Å². The molecule has 1 heterocycles. The quantitative estimate of drug-likeness (QED) is 0.769. The van der Waals surface area contributed by atoms with E-state index in [2.05, 4.69) is 23.2 Å². The van der Waals surface area contributed by atoms with E-state index in [0.29, 0.717) is 12.2 Å². The third-order valence-corrected chi connectivity index (χ3v) is 3.52. The molecule has 1 aromatic heterocycles. The van der Waals surface area contributed by atoms with E-state index >= 15 is 0 Å². The van der Waals surface area contributed by atoms with E-state index in [9.17, 15) is 9.90 Å². The Balaban J connectivity index is 1.93. The molecule has 3 aromatic rings. The molecule has 0 spiro atoms. The zero-order valence-corrected chi connectivity index (χ0v) is 11.6. The number of carboxylic acid groups (broad SMARTS) is 1. The molecular weight excluding hydrogens is 266 g/mol. The number of hydrogen-bond donors (Lipinski definition) is 2. The van der Waals surface area contributed by atoms with Gasteiger partial charge in [0.05, 0.1) is 7.11 Å². The average molecular weight is 281 g/mol.